The van der Waals surface area contributed by atoms with E-state index < -0.39 is 0 Å². The van der Waals surface area contributed by atoms with Crippen LogP contribution in [0.3, 0.4) is 0 Å². The topological polar surface area (TPSA) is 37.8 Å². The van der Waals surface area contributed by atoms with Crippen LogP contribution in [0.4, 0.5) is 4.39 Å². The molecule has 0 spiro atoms. The molecular weight excluding hydrogens is 332 g/mol. The van der Waals surface area contributed by atoms with Crippen molar-refractivity contribution in [2.45, 2.75) is 6.04 Å². The number of nitrogens with zero attached hydrogens (tertiary/aromatic N) is 2. The van der Waals surface area contributed by atoms with Gasteiger partial charge in [-0.3, -0.25) is 0 Å². The lowest BCUT2D eigenvalue weighted by Gasteiger charge is -2.17. The Morgan fingerprint density at radius 2 is 2.00 bits per heavy atom. The average molecular weight is 343 g/mol. The number of benzene rings is 1. The van der Waals surface area contributed by atoms with Gasteiger partial charge in [-0.05, 0) is 47.3 Å². The Labute approximate surface area is 113 Å². The zero-order valence-electron chi connectivity index (χ0n) is 9.19. The summed E-state index contributed by atoms with van der Waals surface area (Å²) in [7, 11) is 1.86. The molecule has 17 heavy (non-hydrogen) atoms. The van der Waals surface area contributed by atoms with Crippen LogP contribution in [0.2, 0.25) is 0 Å². The minimum absolute atomic E-state index is 0.0244. The van der Waals surface area contributed by atoms with Gasteiger partial charge in [0.15, 0.2) is 0 Å². The van der Waals surface area contributed by atoms with Crippen LogP contribution in [0.25, 0.3) is 0 Å². The molecule has 1 atom stereocenters. The van der Waals surface area contributed by atoms with Crippen molar-refractivity contribution < 1.29 is 4.39 Å². The van der Waals surface area contributed by atoms with Crippen molar-refractivity contribution in [3.05, 3.63) is 57.4 Å². The van der Waals surface area contributed by atoms with E-state index in [9.17, 15) is 4.39 Å². The van der Waals surface area contributed by atoms with Gasteiger partial charge in [-0.25, -0.2) is 14.4 Å². The van der Waals surface area contributed by atoms with Gasteiger partial charge in [0, 0.05) is 21.5 Å². The second kappa shape index (κ2) is 5.50. The molecule has 0 saturated heterocycles. The highest BCUT2D eigenvalue weighted by Gasteiger charge is 2.15. The first-order chi connectivity index (χ1) is 8.22. The highest BCUT2D eigenvalue weighted by molar-refractivity contribution is 14.1. The van der Waals surface area contributed by atoms with E-state index in [1.165, 1.54) is 18.5 Å². The first-order valence-electron chi connectivity index (χ1n) is 5.09. The Bertz CT molecular complexity index is 504. The van der Waals surface area contributed by atoms with Crippen LogP contribution in [0, 0.1) is 9.39 Å². The van der Waals surface area contributed by atoms with E-state index in [-0.39, 0.29) is 11.9 Å². The smallest absolute Gasteiger partial charge is 0.124 e. The minimum Gasteiger partial charge on any atom is -0.309 e. The van der Waals surface area contributed by atoms with Crippen molar-refractivity contribution >= 4 is 22.6 Å². The lowest BCUT2D eigenvalue weighted by Crippen LogP contribution is -2.19. The molecule has 2 rings (SSSR count). The second-order valence-corrected chi connectivity index (χ2v) is 4.72. The summed E-state index contributed by atoms with van der Waals surface area (Å²) < 4.78 is 13.9. The van der Waals surface area contributed by atoms with E-state index >= 15 is 0 Å². The highest BCUT2D eigenvalue weighted by atomic mass is 127. The van der Waals surface area contributed by atoms with Crippen molar-refractivity contribution in [3.8, 4) is 0 Å². The van der Waals surface area contributed by atoms with Crippen LogP contribution in [0.1, 0.15) is 17.2 Å². The number of nitrogens with one attached hydrogen (secondary N) is 1. The summed E-state index contributed by atoms with van der Waals surface area (Å²) in [5.74, 6) is -0.225. The van der Waals surface area contributed by atoms with Gasteiger partial charge in [-0.2, -0.15) is 0 Å². The van der Waals surface area contributed by atoms with Crippen LogP contribution in [-0.2, 0) is 0 Å². The Balaban J connectivity index is 2.42. The van der Waals surface area contributed by atoms with E-state index in [0.29, 0.717) is 0 Å². The molecular formula is C12H11FIN3. The molecule has 88 valence electrons. The molecule has 0 aliphatic carbocycles. The fourth-order valence-corrected chi connectivity index (χ4v) is 2.49. The third-order valence-electron chi connectivity index (χ3n) is 2.48. The van der Waals surface area contributed by atoms with E-state index in [1.807, 2.05) is 7.05 Å². The second-order valence-electron chi connectivity index (χ2n) is 3.56. The van der Waals surface area contributed by atoms with Gasteiger partial charge in [0.2, 0.25) is 0 Å². The summed E-state index contributed by atoms with van der Waals surface area (Å²) in [5.41, 5.74) is 1.98. The SMILES string of the molecule is CNC(c1cncnc1)c1ccc(F)cc1I. The molecule has 0 amide bonds. The molecule has 0 aliphatic rings. The number of halogens is 2. The Morgan fingerprint density at radius 1 is 1.29 bits per heavy atom. The molecule has 2 aromatic rings. The van der Waals surface area contributed by atoms with Gasteiger partial charge in [0.1, 0.15) is 12.1 Å². The summed E-state index contributed by atoms with van der Waals surface area (Å²) in [6, 6.07) is 4.74. The van der Waals surface area contributed by atoms with Crippen molar-refractivity contribution in [1.29, 1.82) is 0 Å². The molecule has 3 nitrogen and oxygen atoms in total. The van der Waals surface area contributed by atoms with Crippen molar-refractivity contribution in [3.63, 3.8) is 0 Å². The Morgan fingerprint density at radius 3 is 2.59 bits per heavy atom. The number of hydrogen-bond acceptors (Lipinski definition) is 3. The summed E-state index contributed by atoms with van der Waals surface area (Å²) in [6.07, 6.45) is 5.01. The Kier molecular flexibility index (Phi) is 4.01. The van der Waals surface area contributed by atoms with Gasteiger partial charge >= 0.3 is 0 Å². The van der Waals surface area contributed by atoms with Gasteiger partial charge in [-0.1, -0.05) is 6.07 Å². The van der Waals surface area contributed by atoms with Gasteiger partial charge in [0.05, 0.1) is 6.04 Å². The molecule has 1 unspecified atom stereocenters. The zero-order valence-corrected chi connectivity index (χ0v) is 11.3. The molecule has 1 N–H and O–H groups in total. The van der Waals surface area contributed by atoms with Crippen molar-refractivity contribution in [2.24, 2.45) is 0 Å². The summed E-state index contributed by atoms with van der Waals surface area (Å²) in [4.78, 5) is 8.00. The maximum absolute atomic E-state index is 13.1. The molecule has 5 heteroatoms. The summed E-state index contributed by atoms with van der Waals surface area (Å²) in [5, 5.41) is 3.19. The van der Waals surface area contributed by atoms with Gasteiger partial charge < -0.3 is 5.32 Å². The van der Waals surface area contributed by atoms with E-state index in [1.54, 1.807) is 18.5 Å². The standard InChI is InChI=1S/C12H11FIN3/c1-15-12(8-5-16-7-17-6-8)10-3-2-9(13)4-11(10)14/h2-7,12,15H,1H3. The molecule has 0 bridgehead atoms. The van der Waals surface area contributed by atoms with Crippen molar-refractivity contribution in [2.75, 3.05) is 7.05 Å². The predicted molar refractivity (Wildman–Crippen MR) is 72.1 cm³/mol. The lowest BCUT2D eigenvalue weighted by atomic mass is 10.0. The maximum atomic E-state index is 13.1. The fraction of sp³-hybridized carbons (Fsp3) is 0.167. The van der Waals surface area contributed by atoms with Crippen LogP contribution in [-0.4, -0.2) is 17.0 Å². The predicted octanol–water partition coefficient (Wildman–Crippen LogP) is 2.53. The molecule has 0 aliphatic heterocycles. The summed E-state index contributed by atoms with van der Waals surface area (Å²) in [6.45, 7) is 0. The van der Waals surface area contributed by atoms with E-state index in [4.69, 9.17) is 0 Å². The molecule has 1 aromatic carbocycles. The third-order valence-corrected chi connectivity index (χ3v) is 3.41. The maximum Gasteiger partial charge on any atom is 0.124 e. The highest BCUT2D eigenvalue weighted by Crippen LogP contribution is 2.25. The van der Waals surface area contributed by atoms with Crippen LogP contribution in [0.5, 0.6) is 0 Å². The number of hydrogen-bond donors (Lipinski definition) is 1. The van der Waals surface area contributed by atoms with Crippen LogP contribution < -0.4 is 5.32 Å². The minimum atomic E-state index is -0.225. The molecule has 1 heterocycles. The van der Waals surface area contributed by atoms with Gasteiger partial charge in [-0.15, -0.1) is 0 Å². The molecule has 0 fully saturated rings. The molecule has 0 saturated carbocycles. The van der Waals surface area contributed by atoms with Gasteiger partial charge in [0.25, 0.3) is 0 Å². The summed E-state index contributed by atoms with van der Waals surface area (Å²) >= 11 is 2.13. The quantitative estimate of drug-likeness (QED) is 0.871. The van der Waals surface area contributed by atoms with Crippen molar-refractivity contribution in [1.82, 2.24) is 15.3 Å². The average Bonchev–Trinajstić information content (AvgIpc) is 2.34. The van der Waals surface area contributed by atoms with Crippen LogP contribution >= 0.6 is 22.6 Å². The zero-order chi connectivity index (χ0) is 12.3. The largest absolute Gasteiger partial charge is 0.309 e. The normalized spacial score (nSPS) is 12.4. The molecule has 0 radical (unpaired) electrons. The number of aromatic nitrogens is 2. The van der Waals surface area contributed by atoms with Crippen LogP contribution in [0.15, 0.2) is 36.9 Å². The van der Waals surface area contributed by atoms with E-state index in [2.05, 4.69) is 37.9 Å². The fourth-order valence-electron chi connectivity index (χ4n) is 1.70. The molecule has 1 aromatic heterocycles. The third kappa shape index (κ3) is 2.78. The monoisotopic (exact) mass is 343 g/mol. The first kappa shape index (κ1) is 12.4. The number of rotatable bonds is 3. The Hall–Kier alpha value is -1.08. The van der Waals surface area contributed by atoms with E-state index in [0.717, 1.165) is 14.7 Å². The lowest BCUT2D eigenvalue weighted by molar-refractivity contribution is 0.621. The first-order valence-corrected chi connectivity index (χ1v) is 6.17.